The van der Waals surface area contributed by atoms with Crippen molar-refractivity contribution in [1.29, 1.82) is 0 Å². The van der Waals surface area contributed by atoms with Gasteiger partial charge in [-0.25, -0.2) is 0 Å². The Balaban J connectivity index is 2.50. The van der Waals surface area contributed by atoms with E-state index in [0.717, 1.165) is 12.1 Å². The van der Waals surface area contributed by atoms with Gasteiger partial charge in [-0.1, -0.05) is 45.2 Å². The molecule has 2 rings (SSSR count). The average Bonchev–Trinajstić information content (AvgIpc) is 2.37. The predicted molar refractivity (Wildman–Crippen MR) is 79.7 cm³/mol. The number of rotatable bonds is 2. The highest BCUT2D eigenvalue weighted by molar-refractivity contribution is 9.10. The Morgan fingerprint density at radius 1 is 1.00 bits per heavy atom. The first-order valence-electron chi connectivity index (χ1n) is 5.70. The minimum atomic E-state index is -4.49. The second-order valence-electron chi connectivity index (χ2n) is 4.30. The van der Waals surface area contributed by atoms with Crippen LogP contribution in [0.25, 0.3) is 0 Å². The predicted octanol–water partition coefficient (Wildman–Crippen LogP) is 5.86. The third kappa shape index (κ3) is 3.72. The molecule has 1 unspecified atom stereocenters. The van der Waals surface area contributed by atoms with Gasteiger partial charge >= 0.3 is 6.18 Å². The molecule has 0 saturated carbocycles. The molecule has 0 amide bonds. The SMILES string of the molecule is OC(c1ccc(Cl)cc1Cl)c1cc(C(F)(F)F)ccc1Br. The van der Waals surface area contributed by atoms with Gasteiger partial charge in [-0.15, -0.1) is 0 Å². The summed E-state index contributed by atoms with van der Waals surface area (Å²) in [7, 11) is 0. The Morgan fingerprint density at radius 3 is 2.24 bits per heavy atom. The lowest BCUT2D eigenvalue weighted by Crippen LogP contribution is -2.08. The molecule has 21 heavy (non-hydrogen) atoms. The molecule has 0 aliphatic rings. The summed E-state index contributed by atoms with van der Waals surface area (Å²) in [5, 5.41) is 10.9. The van der Waals surface area contributed by atoms with E-state index in [9.17, 15) is 18.3 Å². The number of hydrogen-bond donors (Lipinski definition) is 1. The first-order chi connectivity index (χ1) is 9.70. The molecule has 0 heterocycles. The zero-order chi connectivity index (χ0) is 15.8. The van der Waals surface area contributed by atoms with Gasteiger partial charge in [0.15, 0.2) is 0 Å². The van der Waals surface area contributed by atoms with Crippen molar-refractivity contribution in [2.45, 2.75) is 12.3 Å². The Kier molecular flexibility index (Phi) is 4.88. The Bertz CT molecular complexity index is 674. The minimum Gasteiger partial charge on any atom is -0.384 e. The molecule has 1 atom stereocenters. The molecule has 0 fully saturated rings. The number of hydrogen-bond acceptors (Lipinski definition) is 1. The van der Waals surface area contributed by atoms with Gasteiger partial charge in [-0.05, 0) is 35.9 Å². The van der Waals surface area contributed by atoms with Gasteiger partial charge < -0.3 is 5.11 Å². The van der Waals surface area contributed by atoms with Crippen molar-refractivity contribution in [3.05, 3.63) is 67.6 Å². The second kappa shape index (κ2) is 6.16. The van der Waals surface area contributed by atoms with Gasteiger partial charge in [-0.3, -0.25) is 0 Å². The van der Waals surface area contributed by atoms with Crippen LogP contribution in [0.2, 0.25) is 10.0 Å². The highest BCUT2D eigenvalue weighted by atomic mass is 79.9. The summed E-state index contributed by atoms with van der Waals surface area (Å²) in [6.07, 6.45) is -5.79. The molecule has 0 aliphatic carbocycles. The number of aliphatic hydroxyl groups is 1. The van der Waals surface area contributed by atoms with Crippen LogP contribution in [0.15, 0.2) is 40.9 Å². The van der Waals surface area contributed by atoms with Crippen LogP contribution in [0.4, 0.5) is 13.2 Å². The number of benzene rings is 2. The summed E-state index contributed by atoms with van der Waals surface area (Å²) < 4.78 is 38.6. The fourth-order valence-corrected chi connectivity index (χ4v) is 2.80. The van der Waals surface area contributed by atoms with E-state index in [2.05, 4.69) is 15.9 Å². The summed E-state index contributed by atoms with van der Waals surface area (Å²) in [5.74, 6) is 0. The first-order valence-corrected chi connectivity index (χ1v) is 7.24. The molecular formula is C14H8BrCl2F3O. The molecule has 1 N–H and O–H groups in total. The molecule has 0 radical (unpaired) electrons. The van der Waals surface area contributed by atoms with Crippen molar-refractivity contribution in [3.63, 3.8) is 0 Å². The molecule has 2 aromatic rings. The molecule has 0 saturated heterocycles. The minimum absolute atomic E-state index is 0.0778. The van der Waals surface area contributed by atoms with E-state index in [1.165, 1.54) is 24.3 Å². The molecule has 0 spiro atoms. The van der Waals surface area contributed by atoms with Crippen LogP contribution >= 0.6 is 39.1 Å². The Hall–Kier alpha value is -0.750. The summed E-state index contributed by atoms with van der Waals surface area (Å²) in [5.41, 5.74) is -0.486. The van der Waals surface area contributed by atoms with E-state index in [1.807, 2.05) is 0 Å². The lowest BCUT2D eigenvalue weighted by molar-refractivity contribution is -0.137. The third-order valence-electron chi connectivity index (χ3n) is 2.87. The van der Waals surface area contributed by atoms with E-state index in [-0.39, 0.29) is 16.1 Å². The largest absolute Gasteiger partial charge is 0.416 e. The maximum absolute atomic E-state index is 12.8. The van der Waals surface area contributed by atoms with Crippen molar-refractivity contribution in [2.24, 2.45) is 0 Å². The van der Waals surface area contributed by atoms with E-state index in [4.69, 9.17) is 23.2 Å². The smallest absolute Gasteiger partial charge is 0.384 e. The highest BCUT2D eigenvalue weighted by Gasteiger charge is 2.32. The van der Waals surface area contributed by atoms with Crippen molar-refractivity contribution >= 4 is 39.1 Å². The molecule has 1 nitrogen and oxygen atoms in total. The summed E-state index contributed by atoms with van der Waals surface area (Å²) in [6, 6.07) is 7.47. The van der Waals surface area contributed by atoms with Crippen molar-refractivity contribution < 1.29 is 18.3 Å². The van der Waals surface area contributed by atoms with Gasteiger partial charge in [0.1, 0.15) is 6.10 Å². The van der Waals surface area contributed by atoms with Crippen LogP contribution in [0.1, 0.15) is 22.8 Å². The standard InChI is InChI=1S/C14H8BrCl2F3O/c15-11-4-1-7(14(18,19)20)5-10(11)13(21)9-3-2-8(16)6-12(9)17/h1-6,13,21H. The van der Waals surface area contributed by atoms with Crippen molar-refractivity contribution in [2.75, 3.05) is 0 Å². The molecule has 0 aromatic heterocycles. The quantitative estimate of drug-likeness (QED) is 0.670. The third-order valence-corrected chi connectivity index (χ3v) is 4.16. The Morgan fingerprint density at radius 2 is 1.67 bits per heavy atom. The van der Waals surface area contributed by atoms with Crippen molar-refractivity contribution in [1.82, 2.24) is 0 Å². The zero-order valence-corrected chi connectivity index (χ0v) is 13.4. The van der Waals surface area contributed by atoms with Crippen LogP contribution in [0.5, 0.6) is 0 Å². The van der Waals surface area contributed by atoms with Gasteiger partial charge in [0.2, 0.25) is 0 Å². The fourth-order valence-electron chi connectivity index (χ4n) is 1.82. The monoisotopic (exact) mass is 398 g/mol. The van der Waals surface area contributed by atoms with E-state index in [0.29, 0.717) is 9.50 Å². The molecule has 2 aromatic carbocycles. The summed E-state index contributed by atoms with van der Waals surface area (Å²) in [4.78, 5) is 0. The zero-order valence-electron chi connectivity index (χ0n) is 10.3. The van der Waals surface area contributed by atoms with Crippen LogP contribution in [-0.2, 0) is 6.18 Å². The van der Waals surface area contributed by atoms with E-state index < -0.39 is 17.8 Å². The summed E-state index contributed by atoms with van der Waals surface area (Å²) >= 11 is 14.9. The maximum Gasteiger partial charge on any atom is 0.416 e. The Labute approximate surface area is 137 Å². The van der Waals surface area contributed by atoms with E-state index in [1.54, 1.807) is 0 Å². The van der Waals surface area contributed by atoms with Crippen LogP contribution < -0.4 is 0 Å². The van der Waals surface area contributed by atoms with Crippen LogP contribution in [0, 0.1) is 0 Å². The van der Waals surface area contributed by atoms with Crippen LogP contribution in [-0.4, -0.2) is 5.11 Å². The fraction of sp³-hybridized carbons (Fsp3) is 0.143. The topological polar surface area (TPSA) is 20.2 Å². The number of alkyl halides is 3. The maximum atomic E-state index is 12.8. The van der Waals surface area contributed by atoms with Gasteiger partial charge in [0.05, 0.1) is 5.56 Å². The number of aliphatic hydroxyl groups excluding tert-OH is 1. The molecule has 0 aliphatic heterocycles. The van der Waals surface area contributed by atoms with Crippen molar-refractivity contribution in [3.8, 4) is 0 Å². The second-order valence-corrected chi connectivity index (χ2v) is 6.00. The first kappa shape index (κ1) is 16.6. The highest BCUT2D eigenvalue weighted by Crippen LogP contribution is 2.37. The van der Waals surface area contributed by atoms with Gasteiger partial charge in [0.25, 0.3) is 0 Å². The molecule has 7 heteroatoms. The number of halogens is 6. The van der Waals surface area contributed by atoms with Crippen LogP contribution in [0.3, 0.4) is 0 Å². The average molecular weight is 400 g/mol. The van der Waals surface area contributed by atoms with Gasteiger partial charge in [-0.2, -0.15) is 13.2 Å². The lowest BCUT2D eigenvalue weighted by Gasteiger charge is -2.17. The molecular weight excluding hydrogens is 392 g/mol. The molecule has 112 valence electrons. The normalized spacial score (nSPS) is 13.3. The van der Waals surface area contributed by atoms with Gasteiger partial charge in [0, 0.05) is 20.1 Å². The van der Waals surface area contributed by atoms with E-state index >= 15 is 0 Å². The summed E-state index contributed by atoms with van der Waals surface area (Å²) in [6.45, 7) is 0. The molecule has 0 bridgehead atoms. The lowest BCUT2D eigenvalue weighted by atomic mass is 9.99.